The first kappa shape index (κ1) is 17.5. The topological polar surface area (TPSA) is 25.8 Å². The van der Waals surface area contributed by atoms with Crippen molar-refractivity contribution >= 4 is 34.2 Å². The minimum atomic E-state index is 0.513. The molecule has 0 amide bonds. The van der Waals surface area contributed by atoms with Gasteiger partial charge in [0.2, 0.25) is 0 Å². The third-order valence-corrected chi connectivity index (χ3v) is 6.13. The zero-order valence-corrected chi connectivity index (χ0v) is 16.2. The molecule has 1 aliphatic carbocycles. The van der Waals surface area contributed by atoms with Crippen LogP contribution in [-0.4, -0.2) is 9.97 Å². The quantitative estimate of drug-likeness (QED) is 0.431. The van der Waals surface area contributed by atoms with E-state index in [0.29, 0.717) is 17.0 Å². The van der Waals surface area contributed by atoms with Crippen molar-refractivity contribution in [3.05, 3.63) is 20.2 Å². The molecule has 0 spiro atoms. The maximum absolute atomic E-state index is 6.34. The van der Waals surface area contributed by atoms with Gasteiger partial charge in [0, 0.05) is 5.92 Å². The molecule has 0 radical (unpaired) electrons. The lowest BCUT2D eigenvalue weighted by Gasteiger charge is -2.27. The van der Waals surface area contributed by atoms with Crippen LogP contribution >= 0.6 is 34.2 Å². The lowest BCUT2D eigenvalue weighted by molar-refractivity contribution is 0.302. The summed E-state index contributed by atoms with van der Waals surface area (Å²) in [7, 11) is 0. The Kier molecular flexibility index (Phi) is 6.73. The van der Waals surface area contributed by atoms with Crippen molar-refractivity contribution in [2.75, 3.05) is 0 Å². The van der Waals surface area contributed by atoms with Gasteiger partial charge in [-0.05, 0) is 66.5 Å². The number of halogens is 2. The van der Waals surface area contributed by atoms with Crippen molar-refractivity contribution in [2.45, 2.75) is 71.6 Å². The molecule has 2 nitrogen and oxygen atoms in total. The van der Waals surface area contributed by atoms with Crippen molar-refractivity contribution in [3.8, 4) is 0 Å². The van der Waals surface area contributed by atoms with E-state index in [1.165, 1.54) is 38.5 Å². The standard InChI is InChI=1S/C17H26ClIN2/c1-4-5-12-6-8-13(9-7-12)17-20-14(10-11(2)3)15(19)16(18)21-17/h11-13H,4-10H2,1-3H3. The van der Waals surface area contributed by atoms with Crippen molar-refractivity contribution < 1.29 is 0 Å². The van der Waals surface area contributed by atoms with Crippen LogP contribution in [0.3, 0.4) is 0 Å². The minimum absolute atomic E-state index is 0.513. The minimum Gasteiger partial charge on any atom is -0.236 e. The Morgan fingerprint density at radius 1 is 1.19 bits per heavy atom. The van der Waals surface area contributed by atoms with Gasteiger partial charge in [0.05, 0.1) is 9.26 Å². The summed E-state index contributed by atoms with van der Waals surface area (Å²) in [6.07, 6.45) is 8.76. The summed E-state index contributed by atoms with van der Waals surface area (Å²) >= 11 is 8.62. The second-order valence-electron chi connectivity index (χ2n) is 6.74. The Bertz CT molecular complexity index is 468. The fraction of sp³-hybridized carbons (Fsp3) is 0.765. The second-order valence-corrected chi connectivity index (χ2v) is 8.17. The molecule has 0 atom stereocenters. The monoisotopic (exact) mass is 420 g/mol. The van der Waals surface area contributed by atoms with Gasteiger partial charge in [0.1, 0.15) is 11.0 Å². The van der Waals surface area contributed by atoms with Crippen LogP contribution in [0.2, 0.25) is 5.15 Å². The normalized spacial score (nSPS) is 22.8. The smallest absolute Gasteiger partial charge is 0.146 e. The van der Waals surface area contributed by atoms with E-state index in [-0.39, 0.29) is 0 Å². The van der Waals surface area contributed by atoms with Gasteiger partial charge >= 0.3 is 0 Å². The van der Waals surface area contributed by atoms with Gasteiger partial charge in [-0.3, -0.25) is 0 Å². The van der Waals surface area contributed by atoms with Crippen molar-refractivity contribution in [3.63, 3.8) is 0 Å². The lowest BCUT2D eigenvalue weighted by Crippen LogP contribution is -2.17. The van der Waals surface area contributed by atoms with Crippen molar-refractivity contribution in [1.82, 2.24) is 9.97 Å². The van der Waals surface area contributed by atoms with Gasteiger partial charge in [-0.2, -0.15) is 0 Å². The van der Waals surface area contributed by atoms with E-state index in [0.717, 1.165) is 27.4 Å². The van der Waals surface area contributed by atoms with Gasteiger partial charge in [-0.15, -0.1) is 0 Å². The first-order valence-corrected chi connectivity index (χ1v) is 9.68. The first-order chi connectivity index (χ1) is 10.0. The molecular weight excluding hydrogens is 395 g/mol. The first-order valence-electron chi connectivity index (χ1n) is 8.23. The fourth-order valence-electron chi connectivity index (χ4n) is 3.30. The highest BCUT2D eigenvalue weighted by Gasteiger charge is 2.25. The molecule has 0 aliphatic heterocycles. The number of rotatable bonds is 5. The molecule has 118 valence electrons. The molecule has 0 N–H and O–H groups in total. The molecule has 1 fully saturated rings. The summed E-state index contributed by atoms with van der Waals surface area (Å²) in [6.45, 7) is 6.73. The summed E-state index contributed by atoms with van der Waals surface area (Å²) in [6, 6.07) is 0. The maximum Gasteiger partial charge on any atom is 0.146 e. The van der Waals surface area contributed by atoms with E-state index >= 15 is 0 Å². The molecular formula is C17H26ClIN2. The molecule has 4 heteroatoms. The summed E-state index contributed by atoms with van der Waals surface area (Å²) in [5, 5.41) is 0.645. The summed E-state index contributed by atoms with van der Waals surface area (Å²) in [5.74, 6) is 3.02. The highest BCUT2D eigenvalue weighted by Crippen LogP contribution is 2.37. The average molecular weight is 421 g/mol. The SMILES string of the molecule is CCCC1CCC(c2nc(Cl)c(I)c(CC(C)C)n2)CC1. The average Bonchev–Trinajstić information content (AvgIpc) is 2.44. The Balaban J connectivity index is 2.12. The molecule has 1 heterocycles. The number of nitrogens with zero attached hydrogens (tertiary/aromatic N) is 2. The largest absolute Gasteiger partial charge is 0.236 e. The third kappa shape index (κ3) is 4.78. The van der Waals surface area contributed by atoms with Gasteiger partial charge in [0.25, 0.3) is 0 Å². The van der Waals surface area contributed by atoms with E-state index in [1.807, 2.05) is 0 Å². The Labute approximate surface area is 147 Å². The predicted molar refractivity (Wildman–Crippen MR) is 97.9 cm³/mol. The van der Waals surface area contributed by atoms with E-state index in [9.17, 15) is 0 Å². The number of hydrogen-bond acceptors (Lipinski definition) is 2. The number of hydrogen-bond donors (Lipinski definition) is 0. The Hall–Kier alpha value is 0.1000. The Morgan fingerprint density at radius 2 is 1.86 bits per heavy atom. The molecule has 0 saturated heterocycles. The highest BCUT2D eigenvalue weighted by atomic mass is 127. The van der Waals surface area contributed by atoms with Crippen molar-refractivity contribution in [1.29, 1.82) is 0 Å². The van der Waals surface area contributed by atoms with Crippen LogP contribution < -0.4 is 0 Å². The highest BCUT2D eigenvalue weighted by molar-refractivity contribution is 14.1. The van der Waals surface area contributed by atoms with E-state index in [4.69, 9.17) is 16.6 Å². The van der Waals surface area contributed by atoms with Gasteiger partial charge < -0.3 is 0 Å². The zero-order valence-electron chi connectivity index (χ0n) is 13.3. The lowest BCUT2D eigenvalue weighted by atomic mass is 9.80. The summed E-state index contributed by atoms with van der Waals surface area (Å²) < 4.78 is 1.03. The van der Waals surface area contributed by atoms with Crippen LogP contribution in [0.1, 0.15) is 76.7 Å². The van der Waals surface area contributed by atoms with Gasteiger partial charge in [-0.1, -0.05) is 45.2 Å². The predicted octanol–water partition coefficient (Wildman–Crippen LogP) is 6.01. The second kappa shape index (κ2) is 8.09. The van der Waals surface area contributed by atoms with Crippen molar-refractivity contribution in [2.24, 2.45) is 11.8 Å². The van der Waals surface area contributed by atoms with Crippen LogP contribution in [0.25, 0.3) is 0 Å². The molecule has 2 rings (SSSR count). The van der Waals surface area contributed by atoms with Crippen LogP contribution in [0.15, 0.2) is 0 Å². The van der Waals surface area contributed by atoms with Gasteiger partial charge in [0.15, 0.2) is 0 Å². The van der Waals surface area contributed by atoms with Crippen LogP contribution in [0.4, 0.5) is 0 Å². The maximum atomic E-state index is 6.34. The molecule has 1 saturated carbocycles. The zero-order chi connectivity index (χ0) is 15.4. The molecule has 1 aromatic heterocycles. The number of aromatic nitrogens is 2. The van der Waals surface area contributed by atoms with Gasteiger partial charge in [-0.25, -0.2) is 9.97 Å². The molecule has 0 unspecified atom stereocenters. The van der Waals surface area contributed by atoms with E-state index in [2.05, 4.69) is 48.3 Å². The summed E-state index contributed by atoms with van der Waals surface area (Å²) in [4.78, 5) is 9.45. The molecule has 0 aromatic carbocycles. The van der Waals surface area contributed by atoms with Crippen LogP contribution in [0, 0.1) is 15.4 Å². The molecule has 1 aliphatic rings. The molecule has 21 heavy (non-hydrogen) atoms. The van der Waals surface area contributed by atoms with Crippen LogP contribution in [0.5, 0.6) is 0 Å². The molecule has 1 aromatic rings. The fourth-order valence-corrected chi connectivity index (χ4v) is 3.96. The Morgan fingerprint density at radius 3 is 2.43 bits per heavy atom. The van der Waals surface area contributed by atoms with Crippen LogP contribution in [-0.2, 0) is 6.42 Å². The van der Waals surface area contributed by atoms with E-state index in [1.54, 1.807) is 0 Å². The third-order valence-electron chi connectivity index (χ3n) is 4.41. The summed E-state index contributed by atoms with van der Waals surface area (Å²) in [5.41, 5.74) is 1.14. The molecule has 0 bridgehead atoms. The van der Waals surface area contributed by atoms with E-state index < -0.39 is 0 Å².